The molecular formula is C19H40O2. The maximum Gasteiger partial charge on any atom is 0.0431 e. The summed E-state index contributed by atoms with van der Waals surface area (Å²) in [5, 5.41) is 15.7. The Bertz CT molecular complexity index is 178. The number of aliphatic hydroxyl groups is 2. The fourth-order valence-electron chi connectivity index (χ4n) is 2.36. The van der Waals surface area contributed by atoms with Gasteiger partial charge in [0.1, 0.15) is 0 Å². The van der Waals surface area contributed by atoms with Crippen molar-refractivity contribution in [3.63, 3.8) is 0 Å². The van der Waals surface area contributed by atoms with E-state index >= 15 is 0 Å². The second-order valence-electron chi connectivity index (χ2n) is 5.66. The van der Waals surface area contributed by atoms with E-state index in [0.717, 1.165) is 13.5 Å². The Kier molecular flexibility index (Phi) is 26.9. The quantitative estimate of drug-likeness (QED) is 0.304. The SMILES string of the molecule is CCCCCCCC/C=C\CCCCCCCCO.CO. The van der Waals surface area contributed by atoms with E-state index in [-0.39, 0.29) is 0 Å². The summed E-state index contributed by atoms with van der Waals surface area (Å²) in [5.41, 5.74) is 0. The standard InChI is InChI=1S/C18H36O.CH4O/c1-2-3-4-5-6-7-8-9-10-11-12-13-14-15-16-17-18-19;1-2/h9-10,19H,2-8,11-18H2,1H3;2H,1H3/b10-9-;. The molecule has 0 aliphatic rings. The third kappa shape index (κ3) is 25.0. The molecule has 0 unspecified atom stereocenters. The first-order valence-corrected chi connectivity index (χ1v) is 9.12. The van der Waals surface area contributed by atoms with Gasteiger partial charge in [-0.1, -0.05) is 76.9 Å². The van der Waals surface area contributed by atoms with Crippen molar-refractivity contribution in [3.05, 3.63) is 12.2 Å². The lowest BCUT2D eigenvalue weighted by molar-refractivity contribution is 0.282. The predicted molar refractivity (Wildman–Crippen MR) is 94.7 cm³/mol. The molecule has 2 N–H and O–H groups in total. The number of hydrogen-bond donors (Lipinski definition) is 2. The average Bonchev–Trinajstić information content (AvgIpc) is 2.53. The molecule has 21 heavy (non-hydrogen) atoms. The molecule has 0 amide bonds. The van der Waals surface area contributed by atoms with Crippen molar-refractivity contribution in [2.24, 2.45) is 0 Å². The maximum absolute atomic E-state index is 8.66. The van der Waals surface area contributed by atoms with Gasteiger partial charge < -0.3 is 10.2 Å². The second kappa shape index (κ2) is 24.7. The van der Waals surface area contributed by atoms with Crippen LogP contribution in [0.3, 0.4) is 0 Å². The Hall–Kier alpha value is -0.340. The van der Waals surface area contributed by atoms with E-state index in [4.69, 9.17) is 10.2 Å². The van der Waals surface area contributed by atoms with Gasteiger partial charge in [0.2, 0.25) is 0 Å². The molecule has 0 spiro atoms. The van der Waals surface area contributed by atoms with Gasteiger partial charge in [0.25, 0.3) is 0 Å². The van der Waals surface area contributed by atoms with Crippen LogP contribution in [0.4, 0.5) is 0 Å². The van der Waals surface area contributed by atoms with Crippen LogP contribution in [0.1, 0.15) is 96.8 Å². The van der Waals surface area contributed by atoms with E-state index in [1.54, 1.807) is 0 Å². The van der Waals surface area contributed by atoms with Crippen LogP contribution in [-0.2, 0) is 0 Å². The van der Waals surface area contributed by atoms with E-state index in [1.165, 1.54) is 83.5 Å². The zero-order valence-electron chi connectivity index (χ0n) is 14.7. The van der Waals surface area contributed by atoms with Crippen molar-refractivity contribution >= 4 is 0 Å². The van der Waals surface area contributed by atoms with Gasteiger partial charge in [-0.15, -0.1) is 0 Å². The lowest BCUT2D eigenvalue weighted by Crippen LogP contribution is -1.83. The van der Waals surface area contributed by atoms with Crippen molar-refractivity contribution in [1.29, 1.82) is 0 Å². The molecule has 0 atom stereocenters. The van der Waals surface area contributed by atoms with Crippen molar-refractivity contribution in [1.82, 2.24) is 0 Å². The fraction of sp³-hybridized carbons (Fsp3) is 0.895. The molecule has 0 heterocycles. The highest BCUT2D eigenvalue weighted by molar-refractivity contribution is 4.81. The Balaban J connectivity index is 0. The summed E-state index contributed by atoms with van der Waals surface area (Å²) in [6.07, 6.45) is 23.2. The van der Waals surface area contributed by atoms with E-state index in [9.17, 15) is 0 Å². The Labute approximate surface area is 133 Å². The van der Waals surface area contributed by atoms with Gasteiger partial charge in [0.05, 0.1) is 0 Å². The van der Waals surface area contributed by atoms with Crippen molar-refractivity contribution in [2.75, 3.05) is 13.7 Å². The lowest BCUT2D eigenvalue weighted by Gasteiger charge is -1.99. The number of aliphatic hydroxyl groups excluding tert-OH is 2. The molecule has 0 aliphatic heterocycles. The van der Waals surface area contributed by atoms with Gasteiger partial charge in [0, 0.05) is 13.7 Å². The highest BCUT2D eigenvalue weighted by atomic mass is 16.3. The molecule has 0 aromatic rings. The normalized spacial score (nSPS) is 10.7. The van der Waals surface area contributed by atoms with Gasteiger partial charge in [-0.05, 0) is 32.1 Å². The molecule has 0 saturated heterocycles. The molecule has 128 valence electrons. The molecule has 0 aromatic heterocycles. The largest absolute Gasteiger partial charge is 0.400 e. The minimum atomic E-state index is 0.362. The first kappa shape index (κ1) is 22.9. The van der Waals surface area contributed by atoms with E-state index in [1.807, 2.05) is 0 Å². The van der Waals surface area contributed by atoms with Crippen molar-refractivity contribution < 1.29 is 10.2 Å². The number of hydrogen-bond acceptors (Lipinski definition) is 2. The molecule has 0 saturated carbocycles. The zero-order valence-corrected chi connectivity index (χ0v) is 14.7. The van der Waals surface area contributed by atoms with Crippen LogP contribution in [-0.4, -0.2) is 23.9 Å². The first-order chi connectivity index (χ1) is 10.4. The van der Waals surface area contributed by atoms with Gasteiger partial charge in [0.15, 0.2) is 0 Å². The van der Waals surface area contributed by atoms with Gasteiger partial charge in [-0.25, -0.2) is 0 Å². The van der Waals surface area contributed by atoms with Gasteiger partial charge in [-0.2, -0.15) is 0 Å². The summed E-state index contributed by atoms with van der Waals surface area (Å²) in [5.74, 6) is 0. The van der Waals surface area contributed by atoms with Crippen LogP contribution in [0.2, 0.25) is 0 Å². The molecule has 2 heteroatoms. The molecular weight excluding hydrogens is 260 g/mol. The summed E-state index contributed by atoms with van der Waals surface area (Å²) in [6.45, 7) is 2.64. The van der Waals surface area contributed by atoms with Crippen LogP contribution in [0.15, 0.2) is 12.2 Å². The Morgan fingerprint density at radius 3 is 1.38 bits per heavy atom. The van der Waals surface area contributed by atoms with Crippen molar-refractivity contribution in [2.45, 2.75) is 96.8 Å². The molecule has 0 radical (unpaired) electrons. The third-order valence-corrected chi connectivity index (χ3v) is 3.67. The van der Waals surface area contributed by atoms with Crippen LogP contribution < -0.4 is 0 Å². The smallest absolute Gasteiger partial charge is 0.0431 e. The number of rotatable bonds is 15. The summed E-state index contributed by atoms with van der Waals surface area (Å²) in [4.78, 5) is 0. The lowest BCUT2D eigenvalue weighted by atomic mass is 10.1. The van der Waals surface area contributed by atoms with E-state index in [2.05, 4.69) is 19.1 Å². The highest BCUT2D eigenvalue weighted by Crippen LogP contribution is 2.09. The Morgan fingerprint density at radius 1 is 0.571 bits per heavy atom. The van der Waals surface area contributed by atoms with Crippen LogP contribution in [0.5, 0.6) is 0 Å². The van der Waals surface area contributed by atoms with Crippen LogP contribution in [0, 0.1) is 0 Å². The molecule has 0 aromatic carbocycles. The third-order valence-electron chi connectivity index (χ3n) is 3.67. The Morgan fingerprint density at radius 2 is 0.952 bits per heavy atom. The summed E-state index contributed by atoms with van der Waals surface area (Å²) >= 11 is 0. The minimum absolute atomic E-state index is 0.362. The molecule has 2 nitrogen and oxygen atoms in total. The number of unbranched alkanes of at least 4 members (excludes halogenated alkanes) is 12. The zero-order chi connectivity index (χ0) is 16.0. The number of allylic oxidation sites excluding steroid dienone is 2. The van der Waals surface area contributed by atoms with E-state index < -0.39 is 0 Å². The highest BCUT2D eigenvalue weighted by Gasteiger charge is 1.90. The summed E-state index contributed by atoms with van der Waals surface area (Å²) < 4.78 is 0. The van der Waals surface area contributed by atoms with Crippen LogP contribution in [0.25, 0.3) is 0 Å². The average molecular weight is 301 g/mol. The molecule has 0 bridgehead atoms. The monoisotopic (exact) mass is 300 g/mol. The molecule has 0 aliphatic carbocycles. The van der Waals surface area contributed by atoms with Gasteiger partial charge in [-0.3, -0.25) is 0 Å². The van der Waals surface area contributed by atoms with Crippen molar-refractivity contribution in [3.8, 4) is 0 Å². The first-order valence-electron chi connectivity index (χ1n) is 9.12. The summed E-state index contributed by atoms with van der Waals surface area (Å²) in [7, 11) is 1.00. The molecule has 0 fully saturated rings. The van der Waals surface area contributed by atoms with E-state index in [0.29, 0.717) is 6.61 Å². The second-order valence-corrected chi connectivity index (χ2v) is 5.66. The minimum Gasteiger partial charge on any atom is -0.400 e. The predicted octanol–water partition coefficient (Wildman–Crippen LogP) is 5.62. The maximum atomic E-state index is 8.66. The topological polar surface area (TPSA) is 40.5 Å². The molecule has 0 rings (SSSR count). The summed E-state index contributed by atoms with van der Waals surface area (Å²) in [6, 6.07) is 0. The van der Waals surface area contributed by atoms with Crippen LogP contribution >= 0.6 is 0 Å². The van der Waals surface area contributed by atoms with Gasteiger partial charge >= 0.3 is 0 Å². The fourth-order valence-corrected chi connectivity index (χ4v) is 2.36.